The van der Waals surface area contributed by atoms with Gasteiger partial charge in [0.25, 0.3) is 5.91 Å². The molecular formula is C19H21ClFN2O+. The first-order valence-electron chi connectivity index (χ1n) is 8.21. The molecule has 24 heavy (non-hydrogen) atoms. The molecule has 1 aliphatic carbocycles. The lowest BCUT2D eigenvalue weighted by molar-refractivity contribution is -0.917. The summed E-state index contributed by atoms with van der Waals surface area (Å²) in [6, 6.07) is 14.7. The standard InChI is InChI=1S/C19H20ClFN2O/c20-16-6-3-4-14(10-16)11-22-19(24)13-23(17-8-9-17)12-15-5-1-2-7-18(15)21/h1-7,10,17H,8-9,11-13H2,(H,22,24)/p+1. The summed E-state index contributed by atoms with van der Waals surface area (Å²) in [6.45, 7) is 1.36. The number of benzene rings is 2. The first-order chi connectivity index (χ1) is 11.6. The molecule has 1 amide bonds. The molecule has 3 rings (SSSR count). The van der Waals surface area contributed by atoms with Crippen molar-refractivity contribution < 1.29 is 14.1 Å². The number of amides is 1. The Labute approximate surface area is 146 Å². The maximum absolute atomic E-state index is 13.9. The predicted molar refractivity (Wildman–Crippen MR) is 92.3 cm³/mol. The molecule has 3 nitrogen and oxygen atoms in total. The summed E-state index contributed by atoms with van der Waals surface area (Å²) in [6.07, 6.45) is 2.21. The van der Waals surface area contributed by atoms with E-state index in [0.717, 1.165) is 23.3 Å². The number of nitrogens with one attached hydrogen (secondary N) is 2. The monoisotopic (exact) mass is 347 g/mol. The summed E-state index contributed by atoms with van der Waals surface area (Å²) < 4.78 is 13.9. The third-order valence-corrected chi connectivity index (χ3v) is 4.53. The average Bonchev–Trinajstić information content (AvgIpc) is 3.39. The lowest BCUT2D eigenvalue weighted by atomic mass is 10.2. The molecule has 2 aromatic carbocycles. The molecule has 2 N–H and O–H groups in total. The summed E-state index contributed by atoms with van der Waals surface area (Å²) in [7, 11) is 0. The van der Waals surface area contributed by atoms with Crippen LogP contribution >= 0.6 is 11.6 Å². The van der Waals surface area contributed by atoms with E-state index in [9.17, 15) is 9.18 Å². The molecule has 0 radical (unpaired) electrons. The summed E-state index contributed by atoms with van der Waals surface area (Å²) in [5, 5.41) is 3.59. The van der Waals surface area contributed by atoms with Crippen LogP contribution < -0.4 is 10.2 Å². The fraction of sp³-hybridized carbons (Fsp3) is 0.316. The van der Waals surface area contributed by atoms with Crippen LogP contribution in [0.25, 0.3) is 0 Å². The predicted octanol–water partition coefficient (Wildman–Crippen LogP) is 2.34. The molecule has 5 heteroatoms. The lowest BCUT2D eigenvalue weighted by Crippen LogP contribution is -3.13. The zero-order valence-electron chi connectivity index (χ0n) is 13.4. The van der Waals surface area contributed by atoms with Gasteiger partial charge in [-0.25, -0.2) is 4.39 Å². The number of carbonyl (C=O) groups is 1. The second kappa shape index (κ2) is 7.77. The fourth-order valence-corrected chi connectivity index (χ4v) is 3.06. The van der Waals surface area contributed by atoms with Crippen molar-refractivity contribution in [2.45, 2.75) is 32.0 Å². The summed E-state index contributed by atoms with van der Waals surface area (Å²) >= 11 is 5.95. The molecule has 0 aliphatic heterocycles. The van der Waals surface area contributed by atoms with Gasteiger partial charge in [-0.1, -0.05) is 41.9 Å². The number of carbonyl (C=O) groups excluding carboxylic acids is 1. The quantitative estimate of drug-likeness (QED) is 0.792. The summed E-state index contributed by atoms with van der Waals surface area (Å²) in [5.41, 5.74) is 1.64. The van der Waals surface area contributed by atoms with E-state index in [4.69, 9.17) is 11.6 Å². The largest absolute Gasteiger partial charge is 0.347 e. The second-order valence-electron chi connectivity index (χ2n) is 6.28. The minimum Gasteiger partial charge on any atom is -0.347 e. The molecule has 1 fully saturated rings. The number of hydrogen-bond acceptors (Lipinski definition) is 1. The molecule has 126 valence electrons. The van der Waals surface area contributed by atoms with Gasteiger partial charge in [-0.05, 0) is 23.8 Å². The average molecular weight is 348 g/mol. The van der Waals surface area contributed by atoms with E-state index < -0.39 is 0 Å². The van der Waals surface area contributed by atoms with Crippen molar-refractivity contribution in [1.29, 1.82) is 0 Å². The zero-order chi connectivity index (χ0) is 16.9. The molecule has 0 saturated heterocycles. The van der Waals surface area contributed by atoms with Gasteiger partial charge in [-0.3, -0.25) is 4.79 Å². The fourth-order valence-electron chi connectivity index (χ4n) is 2.85. The van der Waals surface area contributed by atoms with Crippen molar-refractivity contribution in [1.82, 2.24) is 5.32 Å². The number of halogens is 2. The van der Waals surface area contributed by atoms with Gasteiger partial charge < -0.3 is 10.2 Å². The van der Waals surface area contributed by atoms with Crippen molar-refractivity contribution in [2.24, 2.45) is 0 Å². The van der Waals surface area contributed by atoms with Crippen LogP contribution in [0.15, 0.2) is 48.5 Å². The maximum atomic E-state index is 13.9. The summed E-state index contributed by atoms with van der Waals surface area (Å²) in [5.74, 6) is -0.219. The van der Waals surface area contributed by atoms with Gasteiger partial charge in [-0.2, -0.15) is 0 Å². The van der Waals surface area contributed by atoms with Gasteiger partial charge in [0.15, 0.2) is 6.54 Å². The topological polar surface area (TPSA) is 33.5 Å². The normalized spacial score (nSPS) is 15.1. The van der Waals surface area contributed by atoms with E-state index in [1.165, 1.54) is 6.07 Å². The van der Waals surface area contributed by atoms with Gasteiger partial charge in [-0.15, -0.1) is 0 Å². The lowest BCUT2D eigenvalue weighted by Gasteiger charge is -2.19. The molecule has 0 bridgehead atoms. The third-order valence-electron chi connectivity index (χ3n) is 4.30. The van der Waals surface area contributed by atoms with Gasteiger partial charge in [0.2, 0.25) is 0 Å². The van der Waals surface area contributed by atoms with Crippen LogP contribution in [0.3, 0.4) is 0 Å². The number of hydrogen-bond donors (Lipinski definition) is 2. The molecule has 0 heterocycles. The van der Waals surface area contributed by atoms with E-state index in [0.29, 0.717) is 36.3 Å². The molecule has 0 spiro atoms. The Balaban J connectivity index is 1.55. The van der Waals surface area contributed by atoms with Crippen LogP contribution in [0.4, 0.5) is 4.39 Å². The van der Waals surface area contributed by atoms with Crippen LogP contribution in [-0.2, 0) is 17.9 Å². The van der Waals surface area contributed by atoms with Crippen molar-refractivity contribution in [3.8, 4) is 0 Å². The summed E-state index contributed by atoms with van der Waals surface area (Å²) in [4.78, 5) is 13.4. The first-order valence-corrected chi connectivity index (χ1v) is 8.59. The van der Waals surface area contributed by atoms with E-state index >= 15 is 0 Å². The van der Waals surface area contributed by atoms with Crippen molar-refractivity contribution in [3.63, 3.8) is 0 Å². The Bertz CT molecular complexity index is 718. The molecule has 1 unspecified atom stereocenters. The highest BCUT2D eigenvalue weighted by atomic mass is 35.5. The van der Waals surface area contributed by atoms with Crippen molar-refractivity contribution >= 4 is 17.5 Å². The second-order valence-corrected chi connectivity index (χ2v) is 6.72. The van der Waals surface area contributed by atoms with E-state index in [2.05, 4.69) is 5.32 Å². The van der Waals surface area contributed by atoms with Crippen LogP contribution in [0.1, 0.15) is 24.0 Å². The Morgan fingerprint density at radius 1 is 1.21 bits per heavy atom. The van der Waals surface area contributed by atoms with Crippen LogP contribution in [0.5, 0.6) is 0 Å². The van der Waals surface area contributed by atoms with Crippen LogP contribution in [0.2, 0.25) is 5.02 Å². The molecule has 1 saturated carbocycles. The molecule has 1 aliphatic rings. The Morgan fingerprint density at radius 2 is 2.00 bits per heavy atom. The Kier molecular flexibility index (Phi) is 5.48. The van der Waals surface area contributed by atoms with Crippen LogP contribution in [0, 0.1) is 5.82 Å². The van der Waals surface area contributed by atoms with Crippen molar-refractivity contribution in [2.75, 3.05) is 6.54 Å². The van der Waals surface area contributed by atoms with Crippen molar-refractivity contribution in [3.05, 3.63) is 70.5 Å². The minimum absolute atomic E-state index is 0.0202. The zero-order valence-corrected chi connectivity index (χ0v) is 14.2. The third kappa shape index (κ3) is 4.79. The highest BCUT2D eigenvalue weighted by Gasteiger charge is 2.34. The van der Waals surface area contributed by atoms with E-state index in [1.54, 1.807) is 18.2 Å². The molecule has 2 aromatic rings. The highest BCUT2D eigenvalue weighted by molar-refractivity contribution is 6.30. The Hall–Kier alpha value is -1.91. The minimum atomic E-state index is -0.199. The molecular weight excluding hydrogens is 327 g/mol. The van der Waals surface area contributed by atoms with Gasteiger partial charge in [0.05, 0.1) is 6.04 Å². The maximum Gasteiger partial charge on any atom is 0.275 e. The first kappa shape index (κ1) is 16.9. The van der Waals surface area contributed by atoms with E-state index in [-0.39, 0.29) is 11.7 Å². The highest BCUT2D eigenvalue weighted by Crippen LogP contribution is 2.16. The smallest absolute Gasteiger partial charge is 0.275 e. The molecule has 1 atom stereocenters. The van der Waals surface area contributed by atoms with Gasteiger partial charge >= 0.3 is 0 Å². The Morgan fingerprint density at radius 3 is 2.71 bits per heavy atom. The van der Waals surface area contributed by atoms with E-state index in [1.807, 2.05) is 24.3 Å². The molecule has 0 aromatic heterocycles. The number of quaternary nitrogens is 1. The van der Waals surface area contributed by atoms with Gasteiger partial charge in [0, 0.05) is 30.0 Å². The van der Waals surface area contributed by atoms with Gasteiger partial charge in [0.1, 0.15) is 12.4 Å². The SMILES string of the molecule is O=C(C[NH+](Cc1ccccc1F)C1CC1)NCc1cccc(Cl)c1. The number of rotatable bonds is 7. The van der Waals surface area contributed by atoms with Crippen LogP contribution in [-0.4, -0.2) is 18.5 Å².